The SMILES string of the molecule is CNc1cccc(Cl)c1CON=C(C)c1cccc(C(C)F)c1. The van der Waals surface area contributed by atoms with Gasteiger partial charge in [-0.15, -0.1) is 0 Å². The summed E-state index contributed by atoms with van der Waals surface area (Å²) in [6.07, 6.45) is -1.01. The van der Waals surface area contributed by atoms with Crippen LogP contribution in [-0.2, 0) is 11.4 Å². The van der Waals surface area contributed by atoms with Crippen LogP contribution in [0.4, 0.5) is 10.1 Å². The second-order valence-corrected chi connectivity index (χ2v) is 5.61. The van der Waals surface area contributed by atoms with Crippen molar-refractivity contribution in [2.75, 3.05) is 12.4 Å². The van der Waals surface area contributed by atoms with E-state index in [1.807, 2.05) is 44.3 Å². The highest BCUT2D eigenvalue weighted by atomic mass is 35.5. The van der Waals surface area contributed by atoms with E-state index in [9.17, 15) is 4.39 Å². The monoisotopic (exact) mass is 334 g/mol. The molecule has 2 aromatic rings. The van der Waals surface area contributed by atoms with Crippen LogP contribution in [0.5, 0.6) is 0 Å². The number of halogens is 2. The van der Waals surface area contributed by atoms with E-state index >= 15 is 0 Å². The van der Waals surface area contributed by atoms with Gasteiger partial charge in [-0.3, -0.25) is 0 Å². The van der Waals surface area contributed by atoms with Crippen LogP contribution >= 0.6 is 11.6 Å². The third-order valence-electron chi connectivity index (χ3n) is 3.56. The van der Waals surface area contributed by atoms with Crippen LogP contribution < -0.4 is 5.32 Å². The summed E-state index contributed by atoms with van der Waals surface area (Å²) in [5, 5.41) is 7.81. The van der Waals surface area contributed by atoms with Gasteiger partial charge in [0.25, 0.3) is 0 Å². The number of nitrogens with one attached hydrogen (secondary N) is 1. The van der Waals surface area contributed by atoms with Gasteiger partial charge >= 0.3 is 0 Å². The van der Waals surface area contributed by atoms with Crippen molar-refractivity contribution < 1.29 is 9.23 Å². The zero-order valence-electron chi connectivity index (χ0n) is 13.4. The molecular weight excluding hydrogens is 315 g/mol. The fourth-order valence-electron chi connectivity index (χ4n) is 2.20. The van der Waals surface area contributed by atoms with Crippen LogP contribution in [0.2, 0.25) is 5.02 Å². The van der Waals surface area contributed by atoms with Crippen LogP contribution in [0.25, 0.3) is 0 Å². The zero-order chi connectivity index (χ0) is 16.8. The molecule has 0 aliphatic heterocycles. The molecule has 0 fully saturated rings. The van der Waals surface area contributed by atoms with Gasteiger partial charge in [-0.05, 0) is 43.2 Å². The lowest BCUT2D eigenvalue weighted by Gasteiger charge is -2.10. The Hall–Kier alpha value is -2.07. The van der Waals surface area contributed by atoms with Crippen LogP contribution in [0.3, 0.4) is 0 Å². The van der Waals surface area contributed by atoms with Crippen molar-refractivity contribution in [2.24, 2.45) is 5.16 Å². The molecule has 2 aromatic carbocycles. The van der Waals surface area contributed by atoms with Gasteiger partial charge < -0.3 is 10.2 Å². The van der Waals surface area contributed by atoms with Crippen molar-refractivity contribution in [3.05, 3.63) is 64.2 Å². The summed E-state index contributed by atoms with van der Waals surface area (Å²) in [4.78, 5) is 5.43. The summed E-state index contributed by atoms with van der Waals surface area (Å²) in [5.41, 5.74) is 3.89. The molecule has 2 rings (SSSR count). The highest BCUT2D eigenvalue weighted by molar-refractivity contribution is 6.31. The minimum atomic E-state index is -1.01. The van der Waals surface area contributed by atoms with Crippen LogP contribution in [0.15, 0.2) is 47.6 Å². The maximum atomic E-state index is 13.4. The molecule has 0 aromatic heterocycles. The predicted octanol–water partition coefficient (Wildman–Crippen LogP) is 5.35. The third kappa shape index (κ3) is 4.45. The topological polar surface area (TPSA) is 33.6 Å². The smallest absolute Gasteiger partial charge is 0.145 e. The van der Waals surface area contributed by atoms with Crippen LogP contribution in [0.1, 0.15) is 36.7 Å². The first kappa shape index (κ1) is 17.3. The van der Waals surface area contributed by atoms with Crippen LogP contribution in [0, 0.1) is 0 Å². The Labute approximate surface area is 141 Å². The largest absolute Gasteiger partial charge is 0.391 e. The third-order valence-corrected chi connectivity index (χ3v) is 3.92. The lowest BCUT2D eigenvalue weighted by Crippen LogP contribution is -2.01. The molecule has 0 saturated heterocycles. The van der Waals surface area contributed by atoms with Gasteiger partial charge in [0.1, 0.15) is 12.8 Å². The zero-order valence-corrected chi connectivity index (χ0v) is 14.2. The Kier molecular flexibility index (Phi) is 5.99. The Balaban J connectivity index is 2.10. The molecule has 0 spiro atoms. The molecule has 122 valence electrons. The Bertz CT molecular complexity index is 701. The van der Waals surface area contributed by atoms with Crippen molar-refractivity contribution in [3.8, 4) is 0 Å². The number of anilines is 1. The second-order valence-electron chi connectivity index (χ2n) is 5.21. The van der Waals surface area contributed by atoms with Gasteiger partial charge in [0, 0.05) is 23.3 Å². The number of oxime groups is 1. The van der Waals surface area contributed by atoms with E-state index in [0.717, 1.165) is 16.8 Å². The first-order valence-corrected chi connectivity index (χ1v) is 7.76. The maximum absolute atomic E-state index is 13.4. The number of hydrogen-bond donors (Lipinski definition) is 1. The standard InChI is InChI=1S/C18H20ClFN2O/c1-12(20)14-6-4-7-15(10-14)13(2)22-23-11-16-17(19)8-5-9-18(16)21-3/h4-10,12,21H,11H2,1-3H3. The quantitative estimate of drug-likeness (QED) is 0.570. The van der Waals surface area contributed by atoms with Gasteiger partial charge in [0.2, 0.25) is 0 Å². The fraction of sp³-hybridized carbons (Fsp3) is 0.278. The molecule has 0 radical (unpaired) electrons. The van der Waals surface area contributed by atoms with E-state index in [4.69, 9.17) is 16.4 Å². The van der Waals surface area contributed by atoms with Gasteiger partial charge in [0.05, 0.1) is 5.71 Å². The summed E-state index contributed by atoms with van der Waals surface area (Å²) >= 11 is 6.19. The van der Waals surface area contributed by atoms with E-state index in [0.29, 0.717) is 16.3 Å². The molecule has 3 nitrogen and oxygen atoms in total. The molecule has 0 bridgehead atoms. The van der Waals surface area contributed by atoms with Gasteiger partial charge in [-0.25, -0.2) is 4.39 Å². The van der Waals surface area contributed by atoms with E-state index in [2.05, 4.69) is 10.5 Å². The van der Waals surface area contributed by atoms with Crippen molar-refractivity contribution in [1.29, 1.82) is 0 Å². The molecule has 0 saturated carbocycles. The second kappa shape index (κ2) is 7.97. The molecule has 0 aliphatic rings. The Morgan fingerprint density at radius 3 is 2.74 bits per heavy atom. The molecule has 0 heterocycles. The summed E-state index contributed by atoms with van der Waals surface area (Å²) < 4.78 is 13.4. The minimum Gasteiger partial charge on any atom is -0.391 e. The van der Waals surface area contributed by atoms with Crippen molar-refractivity contribution in [2.45, 2.75) is 26.6 Å². The average Bonchev–Trinajstić information content (AvgIpc) is 2.56. The normalized spacial score (nSPS) is 12.8. The lowest BCUT2D eigenvalue weighted by molar-refractivity contribution is 0.131. The minimum absolute atomic E-state index is 0.256. The number of rotatable bonds is 6. The van der Waals surface area contributed by atoms with E-state index in [-0.39, 0.29) is 6.61 Å². The molecule has 1 N–H and O–H groups in total. The number of hydrogen-bond acceptors (Lipinski definition) is 3. The lowest BCUT2D eigenvalue weighted by atomic mass is 10.1. The molecule has 0 aliphatic carbocycles. The summed E-state index contributed by atoms with van der Waals surface area (Å²) in [6, 6.07) is 12.8. The summed E-state index contributed by atoms with van der Waals surface area (Å²) in [7, 11) is 1.83. The van der Waals surface area contributed by atoms with Crippen molar-refractivity contribution >= 4 is 23.0 Å². The number of benzene rings is 2. The van der Waals surface area contributed by atoms with Gasteiger partial charge in [-0.2, -0.15) is 0 Å². The summed E-state index contributed by atoms with van der Waals surface area (Å²) in [5.74, 6) is 0. The summed E-state index contributed by atoms with van der Waals surface area (Å²) in [6.45, 7) is 3.60. The fourth-order valence-corrected chi connectivity index (χ4v) is 2.43. The van der Waals surface area contributed by atoms with E-state index < -0.39 is 6.17 Å². The van der Waals surface area contributed by atoms with E-state index in [1.54, 1.807) is 12.1 Å². The first-order valence-electron chi connectivity index (χ1n) is 7.39. The van der Waals surface area contributed by atoms with E-state index in [1.165, 1.54) is 6.92 Å². The van der Waals surface area contributed by atoms with Gasteiger partial charge in [0.15, 0.2) is 0 Å². The number of alkyl halides is 1. The Morgan fingerprint density at radius 1 is 1.30 bits per heavy atom. The highest BCUT2D eigenvalue weighted by Gasteiger charge is 2.08. The van der Waals surface area contributed by atoms with Crippen molar-refractivity contribution in [1.82, 2.24) is 0 Å². The molecular formula is C18H20ClFN2O. The molecule has 0 amide bonds. The first-order chi connectivity index (χ1) is 11.0. The molecule has 23 heavy (non-hydrogen) atoms. The van der Waals surface area contributed by atoms with Crippen molar-refractivity contribution in [3.63, 3.8) is 0 Å². The molecule has 5 heteroatoms. The molecule has 1 atom stereocenters. The average molecular weight is 335 g/mol. The van der Waals surface area contributed by atoms with Gasteiger partial charge in [-0.1, -0.05) is 41.0 Å². The Morgan fingerprint density at radius 2 is 2.04 bits per heavy atom. The maximum Gasteiger partial charge on any atom is 0.145 e. The van der Waals surface area contributed by atoms with Crippen LogP contribution in [-0.4, -0.2) is 12.8 Å². The molecule has 1 unspecified atom stereocenters. The predicted molar refractivity (Wildman–Crippen MR) is 94.0 cm³/mol. The number of nitrogens with zero attached hydrogens (tertiary/aromatic N) is 1. The highest BCUT2D eigenvalue weighted by Crippen LogP contribution is 2.25.